The molecule has 1 aromatic heterocycles. The average molecular weight is 291 g/mol. The molecule has 0 bridgehead atoms. The van der Waals surface area contributed by atoms with Crippen molar-refractivity contribution in [3.8, 4) is 0 Å². The van der Waals surface area contributed by atoms with Crippen LogP contribution in [0.25, 0.3) is 10.1 Å². The molecule has 4 heteroatoms. The minimum Gasteiger partial charge on any atom is -0.389 e. The lowest BCUT2D eigenvalue weighted by Crippen LogP contribution is -2.30. The lowest BCUT2D eigenvalue weighted by atomic mass is 10.2. The maximum absolute atomic E-state index is 9.84. The van der Waals surface area contributed by atoms with Crippen LogP contribution < -0.4 is 5.32 Å². The van der Waals surface area contributed by atoms with Gasteiger partial charge in [0.25, 0.3) is 0 Å². The number of aliphatic hydroxyl groups is 1. The fraction of sp³-hybridized carbons (Fsp3) is 0.500. The number of thiophene rings is 1. The van der Waals surface area contributed by atoms with Crippen LogP contribution in [0.2, 0.25) is 0 Å². The van der Waals surface area contributed by atoms with Crippen molar-refractivity contribution in [2.75, 3.05) is 19.8 Å². The second kappa shape index (κ2) is 6.68. The molecule has 1 unspecified atom stereocenters. The van der Waals surface area contributed by atoms with Crippen LogP contribution in [-0.4, -0.2) is 31.0 Å². The normalized spacial score (nSPS) is 16.6. The Hall–Kier alpha value is -0.940. The summed E-state index contributed by atoms with van der Waals surface area (Å²) in [4.78, 5) is 0. The standard InChI is InChI=1S/C16H21NO2S/c18-14(10-19-9-12-5-6-12)8-17-7-13-11-20-16-4-2-1-3-15(13)16/h1-4,11-12,14,17-18H,5-10H2. The lowest BCUT2D eigenvalue weighted by Gasteiger charge is -2.12. The number of hydrogen-bond acceptors (Lipinski definition) is 4. The summed E-state index contributed by atoms with van der Waals surface area (Å²) in [6.07, 6.45) is 2.16. The lowest BCUT2D eigenvalue weighted by molar-refractivity contribution is 0.0324. The van der Waals surface area contributed by atoms with Crippen LogP contribution in [0.4, 0.5) is 0 Å². The van der Waals surface area contributed by atoms with Crippen molar-refractivity contribution in [2.45, 2.75) is 25.5 Å². The summed E-state index contributed by atoms with van der Waals surface area (Å²) in [6.45, 7) is 2.62. The zero-order valence-corrected chi connectivity index (χ0v) is 12.4. The predicted molar refractivity (Wildman–Crippen MR) is 83.1 cm³/mol. The Morgan fingerprint density at radius 2 is 2.20 bits per heavy atom. The molecular weight excluding hydrogens is 270 g/mol. The van der Waals surface area contributed by atoms with E-state index in [-0.39, 0.29) is 0 Å². The molecule has 0 saturated heterocycles. The van der Waals surface area contributed by atoms with Gasteiger partial charge in [-0.05, 0) is 41.2 Å². The van der Waals surface area contributed by atoms with Crippen LogP contribution in [0.1, 0.15) is 18.4 Å². The van der Waals surface area contributed by atoms with Crippen LogP contribution >= 0.6 is 11.3 Å². The number of benzene rings is 1. The molecule has 0 amide bonds. The molecule has 3 rings (SSSR count). The third-order valence-electron chi connectivity index (χ3n) is 3.62. The minimum absolute atomic E-state index is 0.418. The Morgan fingerprint density at radius 3 is 3.05 bits per heavy atom. The summed E-state index contributed by atoms with van der Waals surface area (Å²) in [5.74, 6) is 0.757. The van der Waals surface area contributed by atoms with E-state index in [9.17, 15) is 5.11 Å². The number of nitrogens with one attached hydrogen (secondary N) is 1. The second-order valence-corrected chi connectivity index (χ2v) is 6.43. The second-order valence-electron chi connectivity index (χ2n) is 5.52. The highest BCUT2D eigenvalue weighted by molar-refractivity contribution is 7.17. The van der Waals surface area contributed by atoms with Gasteiger partial charge in [0.05, 0.1) is 12.7 Å². The minimum atomic E-state index is -0.418. The van der Waals surface area contributed by atoms with E-state index >= 15 is 0 Å². The summed E-state index contributed by atoms with van der Waals surface area (Å²) < 4.78 is 6.81. The summed E-state index contributed by atoms with van der Waals surface area (Å²) in [5, 5.41) is 16.6. The molecule has 3 nitrogen and oxygen atoms in total. The fourth-order valence-electron chi connectivity index (χ4n) is 2.26. The first-order valence-corrected chi connectivity index (χ1v) is 8.12. The summed E-state index contributed by atoms with van der Waals surface area (Å²) in [6, 6.07) is 8.43. The first kappa shape index (κ1) is 14.0. The van der Waals surface area contributed by atoms with Gasteiger partial charge in [-0.2, -0.15) is 0 Å². The number of aliphatic hydroxyl groups excluding tert-OH is 1. The Balaban J connectivity index is 1.40. The van der Waals surface area contributed by atoms with Gasteiger partial charge in [0, 0.05) is 24.4 Å². The van der Waals surface area contributed by atoms with Crippen molar-refractivity contribution in [1.82, 2.24) is 5.32 Å². The zero-order valence-electron chi connectivity index (χ0n) is 11.5. The van der Waals surface area contributed by atoms with Crippen LogP contribution in [-0.2, 0) is 11.3 Å². The topological polar surface area (TPSA) is 41.5 Å². The highest BCUT2D eigenvalue weighted by Crippen LogP contribution is 2.28. The number of ether oxygens (including phenoxy) is 1. The number of hydrogen-bond donors (Lipinski definition) is 2. The molecule has 1 aliphatic carbocycles. The highest BCUT2D eigenvalue weighted by Gasteiger charge is 2.21. The Kier molecular flexibility index (Phi) is 4.68. The highest BCUT2D eigenvalue weighted by atomic mass is 32.1. The van der Waals surface area contributed by atoms with E-state index in [1.807, 2.05) is 0 Å². The number of rotatable bonds is 8. The van der Waals surface area contributed by atoms with Crippen molar-refractivity contribution in [3.63, 3.8) is 0 Å². The van der Waals surface area contributed by atoms with Gasteiger partial charge in [0.1, 0.15) is 0 Å². The van der Waals surface area contributed by atoms with E-state index in [1.165, 1.54) is 28.5 Å². The van der Waals surface area contributed by atoms with Gasteiger partial charge in [-0.1, -0.05) is 18.2 Å². The summed E-state index contributed by atoms with van der Waals surface area (Å²) in [7, 11) is 0. The van der Waals surface area contributed by atoms with Crippen LogP contribution in [0, 0.1) is 5.92 Å². The molecule has 2 N–H and O–H groups in total. The van der Waals surface area contributed by atoms with Crippen molar-refractivity contribution < 1.29 is 9.84 Å². The molecule has 0 aliphatic heterocycles. The molecule has 1 aliphatic rings. The quantitative estimate of drug-likeness (QED) is 0.786. The van der Waals surface area contributed by atoms with Crippen molar-refractivity contribution in [2.24, 2.45) is 5.92 Å². The smallest absolute Gasteiger partial charge is 0.0897 e. The molecule has 1 atom stereocenters. The van der Waals surface area contributed by atoms with E-state index in [0.717, 1.165) is 19.1 Å². The average Bonchev–Trinajstić information content (AvgIpc) is 3.19. The summed E-state index contributed by atoms with van der Waals surface area (Å²) in [5.41, 5.74) is 1.30. The maximum Gasteiger partial charge on any atom is 0.0897 e. The van der Waals surface area contributed by atoms with Crippen molar-refractivity contribution >= 4 is 21.4 Å². The largest absolute Gasteiger partial charge is 0.389 e. The molecule has 108 valence electrons. The van der Waals surface area contributed by atoms with E-state index in [2.05, 4.69) is 35.0 Å². The van der Waals surface area contributed by atoms with Gasteiger partial charge >= 0.3 is 0 Å². The third kappa shape index (κ3) is 3.79. The molecule has 2 aromatic rings. The van der Waals surface area contributed by atoms with Crippen molar-refractivity contribution in [3.05, 3.63) is 35.2 Å². The van der Waals surface area contributed by atoms with Gasteiger partial charge in [0.2, 0.25) is 0 Å². The van der Waals surface area contributed by atoms with E-state index in [1.54, 1.807) is 11.3 Å². The number of fused-ring (bicyclic) bond motifs is 1. The van der Waals surface area contributed by atoms with E-state index in [0.29, 0.717) is 13.2 Å². The molecule has 20 heavy (non-hydrogen) atoms. The third-order valence-corrected chi connectivity index (χ3v) is 4.63. The maximum atomic E-state index is 9.84. The van der Waals surface area contributed by atoms with Crippen LogP contribution in [0.5, 0.6) is 0 Å². The van der Waals surface area contributed by atoms with Gasteiger partial charge in [-0.15, -0.1) is 11.3 Å². The fourth-order valence-corrected chi connectivity index (χ4v) is 3.22. The monoisotopic (exact) mass is 291 g/mol. The molecule has 1 fully saturated rings. The molecule has 1 aromatic carbocycles. The SMILES string of the molecule is OC(CNCc1csc2ccccc12)COCC1CC1. The van der Waals surface area contributed by atoms with Crippen LogP contribution in [0.15, 0.2) is 29.6 Å². The van der Waals surface area contributed by atoms with Gasteiger partial charge in [0.15, 0.2) is 0 Å². The van der Waals surface area contributed by atoms with E-state index < -0.39 is 6.10 Å². The Bertz CT molecular complexity index is 550. The molecule has 1 heterocycles. The predicted octanol–water partition coefficient (Wildman–Crippen LogP) is 2.78. The molecule has 0 spiro atoms. The first-order chi connectivity index (χ1) is 9.83. The zero-order chi connectivity index (χ0) is 13.8. The first-order valence-electron chi connectivity index (χ1n) is 7.24. The van der Waals surface area contributed by atoms with Gasteiger partial charge < -0.3 is 15.2 Å². The van der Waals surface area contributed by atoms with Gasteiger partial charge in [-0.25, -0.2) is 0 Å². The van der Waals surface area contributed by atoms with Gasteiger partial charge in [-0.3, -0.25) is 0 Å². The summed E-state index contributed by atoms with van der Waals surface area (Å²) >= 11 is 1.77. The van der Waals surface area contributed by atoms with Crippen LogP contribution in [0.3, 0.4) is 0 Å². The van der Waals surface area contributed by atoms with Crippen molar-refractivity contribution in [1.29, 1.82) is 0 Å². The Morgan fingerprint density at radius 1 is 1.35 bits per heavy atom. The molecule has 1 saturated carbocycles. The Labute approximate surface area is 123 Å². The molecule has 0 radical (unpaired) electrons. The molecular formula is C16H21NO2S. The van der Waals surface area contributed by atoms with E-state index in [4.69, 9.17) is 4.74 Å².